The second kappa shape index (κ2) is 5.34. The number of hydrogen-bond acceptors (Lipinski definition) is 2. The third kappa shape index (κ3) is 2.79. The highest BCUT2D eigenvalue weighted by Gasteiger charge is 2.37. The largest absolute Gasteiger partial charge is 0.379 e. The molecule has 0 saturated heterocycles. The Labute approximate surface area is 106 Å². The van der Waals surface area contributed by atoms with Gasteiger partial charge in [-0.1, -0.05) is 11.6 Å². The zero-order valence-electron chi connectivity index (χ0n) is 10.0. The van der Waals surface area contributed by atoms with Crippen LogP contribution in [0.2, 0.25) is 5.02 Å². The first kappa shape index (κ1) is 12.8. The van der Waals surface area contributed by atoms with Crippen LogP contribution in [0.25, 0.3) is 0 Å². The van der Waals surface area contributed by atoms with E-state index in [4.69, 9.17) is 16.3 Å². The fourth-order valence-corrected chi connectivity index (χ4v) is 2.51. The molecule has 0 aliphatic heterocycles. The number of benzene rings is 1. The molecule has 2 atom stereocenters. The molecule has 94 valence electrons. The minimum atomic E-state index is -0.268. The van der Waals surface area contributed by atoms with Crippen LogP contribution in [-0.2, 0) is 4.74 Å². The van der Waals surface area contributed by atoms with Crippen LogP contribution in [0.1, 0.15) is 24.4 Å². The molecule has 0 bridgehead atoms. The van der Waals surface area contributed by atoms with Crippen molar-refractivity contribution < 1.29 is 9.13 Å². The molecule has 1 aliphatic rings. The first-order valence-electron chi connectivity index (χ1n) is 5.82. The molecule has 2 rings (SSSR count). The van der Waals surface area contributed by atoms with E-state index in [0.717, 1.165) is 5.56 Å². The van der Waals surface area contributed by atoms with Crippen molar-refractivity contribution in [3.63, 3.8) is 0 Å². The lowest BCUT2D eigenvalue weighted by molar-refractivity contribution is 0.0530. The summed E-state index contributed by atoms with van der Waals surface area (Å²) < 4.78 is 18.8. The van der Waals surface area contributed by atoms with Crippen LogP contribution >= 0.6 is 11.6 Å². The Morgan fingerprint density at radius 3 is 2.71 bits per heavy atom. The summed E-state index contributed by atoms with van der Waals surface area (Å²) in [6, 6.07) is 4.39. The highest BCUT2D eigenvalue weighted by molar-refractivity contribution is 6.31. The molecule has 1 saturated carbocycles. The van der Waals surface area contributed by atoms with E-state index < -0.39 is 0 Å². The van der Waals surface area contributed by atoms with Crippen molar-refractivity contribution >= 4 is 11.6 Å². The van der Waals surface area contributed by atoms with Crippen molar-refractivity contribution in [1.29, 1.82) is 0 Å². The smallest absolute Gasteiger partial charge is 0.123 e. The Hall–Kier alpha value is -0.640. The number of likely N-dealkylation sites (N-methyl/N-ethyl adjacent to an activating group) is 1. The fraction of sp³-hybridized carbons (Fsp3) is 0.538. The second-order valence-electron chi connectivity index (χ2n) is 4.47. The van der Waals surface area contributed by atoms with Gasteiger partial charge in [-0.15, -0.1) is 0 Å². The van der Waals surface area contributed by atoms with E-state index in [0.29, 0.717) is 10.9 Å². The summed E-state index contributed by atoms with van der Waals surface area (Å²) in [7, 11) is 3.54. The molecule has 4 heteroatoms. The quantitative estimate of drug-likeness (QED) is 0.875. The number of methoxy groups -OCH3 is 1. The van der Waals surface area contributed by atoms with Crippen molar-refractivity contribution in [3.8, 4) is 0 Å². The van der Waals surface area contributed by atoms with Gasteiger partial charge < -0.3 is 10.1 Å². The van der Waals surface area contributed by atoms with E-state index in [-0.39, 0.29) is 18.0 Å². The number of halogens is 2. The predicted octanol–water partition coefficient (Wildman–Crippen LogP) is 3.16. The SMILES string of the molecule is CNC(c1cc(F)ccc1Cl)C(OC)C1CC1. The van der Waals surface area contributed by atoms with E-state index in [1.54, 1.807) is 13.2 Å². The molecule has 0 amide bonds. The van der Waals surface area contributed by atoms with Gasteiger partial charge in [0.2, 0.25) is 0 Å². The van der Waals surface area contributed by atoms with Crippen molar-refractivity contribution in [3.05, 3.63) is 34.6 Å². The average Bonchev–Trinajstić information content (AvgIpc) is 3.13. The van der Waals surface area contributed by atoms with Crippen molar-refractivity contribution in [2.75, 3.05) is 14.2 Å². The molecule has 0 radical (unpaired) electrons. The summed E-state index contributed by atoms with van der Waals surface area (Å²) in [6.45, 7) is 0. The highest BCUT2D eigenvalue weighted by Crippen LogP contribution is 2.41. The molecule has 0 spiro atoms. The van der Waals surface area contributed by atoms with E-state index in [1.807, 2.05) is 7.05 Å². The van der Waals surface area contributed by atoms with Gasteiger partial charge in [-0.25, -0.2) is 4.39 Å². The normalized spacial score (nSPS) is 19.1. The monoisotopic (exact) mass is 257 g/mol. The molecule has 2 unspecified atom stereocenters. The number of nitrogens with one attached hydrogen (secondary N) is 1. The minimum Gasteiger partial charge on any atom is -0.379 e. The maximum absolute atomic E-state index is 13.3. The van der Waals surface area contributed by atoms with Crippen LogP contribution in [0.3, 0.4) is 0 Å². The third-order valence-corrected chi connectivity index (χ3v) is 3.64. The van der Waals surface area contributed by atoms with Gasteiger partial charge in [0.25, 0.3) is 0 Å². The summed E-state index contributed by atoms with van der Waals surface area (Å²) >= 11 is 6.13. The molecule has 1 aromatic carbocycles. The zero-order valence-corrected chi connectivity index (χ0v) is 10.8. The molecule has 0 heterocycles. The summed E-state index contributed by atoms with van der Waals surface area (Å²) in [5.41, 5.74) is 0.771. The van der Waals surface area contributed by atoms with Crippen molar-refractivity contribution in [2.45, 2.75) is 25.0 Å². The van der Waals surface area contributed by atoms with Gasteiger partial charge in [0.05, 0.1) is 12.1 Å². The summed E-state index contributed by atoms with van der Waals surface area (Å²) in [4.78, 5) is 0. The molecule has 1 N–H and O–H groups in total. The number of ether oxygens (including phenoxy) is 1. The Balaban J connectivity index is 2.29. The first-order chi connectivity index (χ1) is 8.17. The van der Waals surface area contributed by atoms with E-state index in [9.17, 15) is 4.39 Å². The van der Waals surface area contributed by atoms with Gasteiger partial charge in [-0.05, 0) is 49.6 Å². The van der Waals surface area contributed by atoms with Crippen LogP contribution in [0.5, 0.6) is 0 Å². The summed E-state index contributed by atoms with van der Waals surface area (Å²) in [5, 5.41) is 3.76. The van der Waals surface area contributed by atoms with Crippen molar-refractivity contribution in [2.24, 2.45) is 5.92 Å². The van der Waals surface area contributed by atoms with Gasteiger partial charge in [0.1, 0.15) is 5.82 Å². The highest BCUT2D eigenvalue weighted by atomic mass is 35.5. The lowest BCUT2D eigenvalue weighted by atomic mass is 9.98. The van der Waals surface area contributed by atoms with E-state index >= 15 is 0 Å². The van der Waals surface area contributed by atoms with Crippen molar-refractivity contribution in [1.82, 2.24) is 5.32 Å². The van der Waals surface area contributed by atoms with Crippen LogP contribution in [0.4, 0.5) is 4.39 Å². The van der Waals surface area contributed by atoms with Gasteiger partial charge in [-0.2, -0.15) is 0 Å². The predicted molar refractivity (Wildman–Crippen MR) is 66.7 cm³/mol. The Morgan fingerprint density at radius 1 is 1.47 bits per heavy atom. The molecule has 1 fully saturated rings. The summed E-state index contributed by atoms with van der Waals surface area (Å²) in [6.07, 6.45) is 2.40. The Kier molecular flexibility index (Phi) is 4.02. The zero-order chi connectivity index (χ0) is 12.4. The van der Waals surface area contributed by atoms with Crippen LogP contribution in [0.15, 0.2) is 18.2 Å². The second-order valence-corrected chi connectivity index (χ2v) is 4.88. The number of rotatable bonds is 5. The lowest BCUT2D eigenvalue weighted by Crippen LogP contribution is -2.32. The summed E-state index contributed by atoms with van der Waals surface area (Å²) in [5.74, 6) is 0.284. The van der Waals surface area contributed by atoms with Crippen LogP contribution in [0, 0.1) is 11.7 Å². The maximum atomic E-state index is 13.3. The molecular formula is C13H17ClFNO. The number of hydrogen-bond donors (Lipinski definition) is 1. The van der Waals surface area contributed by atoms with Gasteiger partial charge >= 0.3 is 0 Å². The van der Waals surface area contributed by atoms with Gasteiger partial charge in [0.15, 0.2) is 0 Å². The molecular weight excluding hydrogens is 241 g/mol. The molecule has 17 heavy (non-hydrogen) atoms. The molecule has 2 nitrogen and oxygen atoms in total. The Morgan fingerprint density at radius 2 is 2.18 bits per heavy atom. The minimum absolute atomic E-state index is 0.0549. The average molecular weight is 258 g/mol. The van der Waals surface area contributed by atoms with E-state index in [1.165, 1.54) is 25.0 Å². The molecule has 1 aromatic rings. The van der Waals surface area contributed by atoms with E-state index in [2.05, 4.69) is 5.32 Å². The maximum Gasteiger partial charge on any atom is 0.123 e. The van der Waals surface area contributed by atoms with Crippen LogP contribution < -0.4 is 5.32 Å². The molecule has 1 aliphatic carbocycles. The Bertz CT molecular complexity index is 395. The first-order valence-corrected chi connectivity index (χ1v) is 6.20. The fourth-order valence-electron chi connectivity index (χ4n) is 2.28. The molecule has 0 aromatic heterocycles. The van der Waals surface area contributed by atoms with Crippen LogP contribution in [-0.4, -0.2) is 20.3 Å². The standard InChI is InChI=1S/C13H17ClFNO/c1-16-12(13(17-2)8-3-4-8)10-7-9(15)5-6-11(10)14/h5-8,12-13,16H,3-4H2,1-2H3. The van der Waals surface area contributed by atoms with Gasteiger partial charge in [0, 0.05) is 12.1 Å². The van der Waals surface area contributed by atoms with Gasteiger partial charge in [-0.3, -0.25) is 0 Å². The third-order valence-electron chi connectivity index (χ3n) is 3.29. The lowest BCUT2D eigenvalue weighted by Gasteiger charge is -2.26. The topological polar surface area (TPSA) is 21.3 Å².